The number of nitrogens with one attached hydrogen (secondary N) is 2. The van der Waals surface area contributed by atoms with Crippen molar-refractivity contribution in [2.75, 3.05) is 4.72 Å². The van der Waals surface area contributed by atoms with Crippen molar-refractivity contribution in [2.24, 2.45) is 0 Å². The van der Waals surface area contributed by atoms with Gasteiger partial charge in [-0.25, -0.2) is 13.4 Å². The molecule has 0 spiro atoms. The van der Waals surface area contributed by atoms with Gasteiger partial charge in [-0.1, -0.05) is 6.07 Å². The number of anilines is 1. The first-order chi connectivity index (χ1) is 11.6. The van der Waals surface area contributed by atoms with Crippen LogP contribution in [0.25, 0.3) is 11.4 Å². The highest BCUT2D eigenvalue weighted by molar-refractivity contribution is 7.92. The van der Waals surface area contributed by atoms with Crippen LogP contribution in [0, 0.1) is 0 Å². The van der Waals surface area contributed by atoms with E-state index in [9.17, 15) is 8.42 Å². The fourth-order valence-corrected chi connectivity index (χ4v) is 4.16. The lowest BCUT2D eigenvalue weighted by molar-refractivity contribution is 0.601. The molecule has 0 saturated heterocycles. The number of hydrogen-bond acceptors (Lipinski definition) is 3. The maximum atomic E-state index is 12.6. The van der Waals surface area contributed by atoms with E-state index in [2.05, 4.69) is 14.7 Å². The quantitative estimate of drug-likeness (QED) is 0.765. The highest BCUT2D eigenvalue weighted by atomic mass is 32.2. The Morgan fingerprint density at radius 1 is 1.00 bits per heavy atom. The molecule has 0 atom stereocenters. The molecule has 0 saturated carbocycles. The Labute approximate surface area is 140 Å². The predicted molar refractivity (Wildman–Crippen MR) is 93.3 cm³/mol. The van der Waals surface area contributed by atoms with Crippen molar-refractivity contribution < 1.29 is 8.42 Å². The first kappa shape index (κ1) is 15.0. The van der Waals surface area contributed by atoms with E-state index in [1.807, 2.05) is 18.2 Å². The zero-order valence-electron chi connectivity index (χ0n) is 13.0. The zero-order valence-corrected chi connectivity index (χ0v) is 13.8. The molecule has 0 amide bonds. The average Bonchev–Trinajstić information content (AvgIpc) is 3.26. The normalized spacial score (nSPS) is 13.7. The Bertz CT molecular complexity index is 962. The lowest BCUT2D eigenvalue weighted by Crippen LogP contribution is -2.13. The smallest absolute Gasteiger partial charge is 0.261 e. The Balaban J connectivity index is 1.57. The number of benzene rings is 2. The van der Waals surface area contributed by atoms with Crippen LogP contribution in [0.1, 0.15) is 17.5 Å². The average molecular weight is 339 g/mol. The molecule has 6 heteroatoms. The van der Waals surface area contributed by atoms with Crippen LogP contribution in [-0.2, 0) is 22.9 Å². The van der Waals surface area contributed by atoms with Crippen LogP contribution in [0.15, 0.2) is 59.8 Å². The molecule has 122 valence electrons. The van der Waals surface area contributed by atoms with Gasteiger partial charge in [-0.05, 0) is 66.8 Å². The van der Waals surface area contributed by atoms with Crippen molar-refractivity contribution in [3.05, 3.63) is 66.0 Å². The van der Waals surface area contributed by atoms with E-state index in [1.54, 1.807) is 36.7 Å². The molecule has 1 heterocycles. The second-order valence-electron chi connectivity index (χ2n) is 5.90. The third-order valence-electron chi connectivity index (χ3n) is 4.29. The topological polar surface area (TPSA) is 74.8 Å². The number of nitrogens with zero attached hydrogens (tertiary/aromatic N) is 1. The molecular formula is C18H17N3O2S. The Hall–Kier alpha value is -2.60. The van der Waals surface area contributed by atoms with Gasteiger partial charge in [-0.15, -0.1) is 0 Å². The van der Waals surface area contributed by atoms with E-state index < -0.39 is 10.0 Å². The third-order valence-corrected chi connectivity index (χ3v) is 5.67. The number of imidazole rings is 1. The Morgan fingerprint density at radius 2 is 1.79 bits per heavy atom. The number of rotatable bonds is 4. The number of aromatic nitrogens is 2. The van der Waals surface area contributed by atoms with Gasteiger partial charge >= 0.3 is 0 Å². The number of H-pyrrole nitrogens is 1. The van der Waals surface area contributed by atoms with E-state index in [1.165, 1.54) is 5.56 Å². The van der Waals surface area contributed by atoms with E-state index >= 15 is 0 Å². The molecule has 0 unspecified atom stereocenters. The first-order valence-electron chi connectivity index (χ1n) is 7.86. The fourth-order valence-electron chi connectivity index (χ4n) is 3.05. The number of fused-ring (bicyclic) bond motifs is 1. The SMILES string of the molecule is O=S(=O)(Nc1ccc(-c2ncc[nH]2)cc1)c1ccc2c(c1)CCC2. The van der Waals surface area contributed by atoms with Gasteiger partial charge < -0.3 is 4.98 Å². The van der Waals surface area contributed by atoms with Gasteiger partial charge in [0.25, 0.3) is 10.0 Å². The monoisotopic (exact) mass is 339 g/mol. The summed E-state index contributed by atoms with van der Waals surface area (Å²) in [5, 5.41) is 0. The molecule has 1 aromatic heterocycles. The van der Waals surface area contributed by atoms with Gasteiger partial charge in [0, 0.05) is 23.6 Å². The third kappa shape index (κ3) is 2.80. The zero-order chi connectivity index (χ0) is 16.6. The van der Waals surface area contributed by atoms with Crippen LogP contribution in [0.3, 0.4) is 0 Å². The summed E-state index contributed by atoms with van der Waals surface area (Å²) >= 11 is 0. The van der Waals surface area contributed by atoms with Crippen molar-refractivity contribution in [1.29, 1.82) is 0 Å². The Morgan fingerprint density at radius 3 is 2.54 bits per heavy atom. The van der Waals surface area contributed by atoms with Gasteiger partial charge in [0.2, 0.25) is 0 Å². The fraction of sp³-hybridized carbons (Fsp3) is 0.167. The predicted octanol–water partition coefficient (Wildman–Crippen LogP) is 3.37. The second kappa shape index (κ2) is 5.79. The summed E-state index contributed by atoms with van der Waals surface area (Å²) in [6, 6.07) is 12.5. The summed E-state index contributed by atoms with van der Waals surface area (Å²) in [4.78, 5) is 7.52. The summed E-state index contributed by atoms with van der Waals surface area (Å²) in [7, 11) is -3.57. The van der Waals surface area contributed by atoms with Crippen LogP contribution in [-0.4, -0.2) is 18.4 Å². The van der Waals surface area contributed by atoms with Crippen LogP contribution < -0.4 is 4.72 Å². The van der Waals surface area contributed by atoms with Crippen molar-refractivity contribution in [3.8, 4) is 11.4 Å². The maximum absolute atomic E-state index is 12.6. The summed E-state index contributed by atoms with van der Waals surface area (Å²) in [5.74, 6) is 0.753. The van der Waals surface area contributed by atoms with Crippen molar-refractivity contribution >= 4 is 15.7 Å². The first-order valence-corrected chi connectivity index (χ1v) is 9.35. The molecule has 5 nitrogen and oxygen atoms in total. The number of aryl methyl sites for hydroxylation is 2. The summed E-state index contributed by atoms with van der Waals surface area (Å²) < 4.78 is 27.8. The summed E-state index contributed by atoms with van der Waals surface area (Å²) in [5.41, 5.74) is 3.84. The van der Waals surface area contributed by atoms with E-state index in [0.29, 0.717) is 10.6 Å². The molecule has 3 aromatic rings. The Kier molecular flexibility index (Phi) is 3.61. The molecule has 1 aliphatic rings. The largest absolute Gasteiger partial charge is 0.345 e. The van der Waals surface area contributed by atoms with E-state index in [4.69, 9.17) is 0 Å². The molecule has 0 fully saturated rings. The van der Waals surface area contributed by atoms with Crippen LogP contribution in [0.5, 0.6) is 0 Å². The second-order valence-corrected chi connectivity index (χ2v) is 7.59. The van der Waals surface area contributed by atoms with Gasteiger partial charge in [0.15, 0.2) is 0 Å². The number of sulfonamides is 1. The number of hydrogen-bond donors (Lipinski definition) is 2. The van der Waals surface area contributed by atoms with E-state index in [-0.39, 0.29) is 0 Å². The summed E-state index contributed by atoms with van der Waals surface area (Å²) in [6.07, 6.45) is 6.52. The van der Waals surface area contributed by atoms with Gasteiger partial charge in [-0.2, -0.15) is 0 Å². The summed E-state index contributed by atoms with van der Waals surface area (Å²) in [6.45, 7) is 0. The highest BCUT2D eigenvalue weighted by Gasteiger charge is 2.18. The van der Waals surface area contributed by atoms with Crippen molar-refractivity contribution in [2.45, 2.75) is 24.2 Å². The highest BCUT2D eigenvalue weighted by Crippen LogP contribution is 2.26. The van der Waals surface area contributed by atoms with Gasteiger partial charge in [-0.3, -0.25) is 4.72 Å². The molecule has 0 bridgehead atoms. The minimum atomic E-state index is -3.57. The van der Waals surface area contributed by atoms with E-state index in [0.717, 1.165) is 36.2 Å². The van der Waals surface area contributed by atoms with Gasteiger partial charge in [0.05, 0.1) is 4.90 Å². The van der Waals surface area contributed by atoms with Crippen LogP contribution >= 0.6 is 0 Å². The number of aromatic amines is 1. The minimum Gasteiger partial charge on any atom is -0.345 e. The molecule has 0 aliphatic heterocycles. The molecular weight excluding hydrogens is 322 g/mol. The molecule has 2 aromatic carbocycles. The van der Waals surface area contributed by atoms with Crippen molar-refractivity contribution in [3.63, 3.8) is 0 Å². The van der Waals surface area contributed by atoms with Gasteiger partial charge in [0.1, 0.15) is 5.82 Å². The molecule has 0 radical (unpaired) electrons. The minimum absolute atomic E-state index is 0.318. The standard InChI is InChI=1S/C18H17N3O2S/c22-24(23,17-9-6-13-2-1-3-15(13)12-17)21-16-7-4-14(5-8-16)18-19-10-11-20-18/h4-12,21H,1-3H2,(H,19,20). The van der Waals surface area contributed by atoms with Crippen molar-refractivity contribution in [1.82, 2.24) is 9.97 Å². The molecule has 1 aliphatic carbocycles. The van der Waals surface area contributed by atoms with Crippen LogP contribution in [0.2, 0.25) is 0 Å². The lowest BCUT2D eigenvalue weighted by atomic mass is 10.1. The molecule has 24 heavy (non-hydrogen) atoms. The van der Waals surface area contributed by atoms with Crippen LogP contribution in [0.4, 0.5) is 5.69 Å². The maximum Gasteiger partial charge on any atom is 0.261 e. The lowest BCUT2D eigenvalue weighted by Gasteiger charge is -2.10. The molecule has 4 rings (SSSR count). The molecule has 2 N–H and O–H groups in total.